The molecule has 4 heteroatoms. The van der Waals surface area contributed by atoms with E-state index in [9.17, 15) is 4.39 Å². The first kappa shape index (κ1) is 14.8. The predicted molar refractivity (Wildman–Crippen MR) is 71.3 cm³/mol. The van der Waals surface area contributed by atoms with Gasteiger partial charge >= 0.3 is 0 Å². The first-order valence-electron chi connectivity index (χ1n) is 6.03. The van der Waals surface area contributed by atoms with E-state index in [1.807, 2.05) is 13.1 Å². The van der Waals surface area contributed by atoms with E-state index in [0.717, 1.165) is 18.5 Å². The summed E-state index contributed by atoms with van der Waals surface area (Å²) in [5.41, 5.74) is 0.188. The molecule has 3 nitrogen and oxygen atoms in total. The fourth-order valence-corrected chi connectivity index (χ4v) is 1.94. The van der Waals surface area contributed by atoms with Crippen molar-refractivity contribution in [2.24, 2.45) is 0 Å². The van der Waals surface area contributed by atoms with Crippen LogP contribution in [0, 0.1) is 0 Å². The molecule has 1 aromatic carbocycles. The monoisotopic (exact) mass is 255 g/mol. The molecule has 0 amide bonds. The Hall–Kier alpha value is -1.29. The van der Waals surface area contributed by atoms with Gasteiger partial charge in [0.1, 0.15) is 5.67 Å². The Labute approximate surface area is 108 Å². The fraction of sp³-hybridized carbons (Fsp3) is 0.571. The molecule has 0 fully saturated rings. The molecule has 102 valence electrons. The maximum absolute atomic E-state index is 14.2. The lowest BCUT2D eigenvalue weighted by Crippen LogP contribution is -2.17. The molecule has 0 atom stereocenters. The Kier molecular flexibility index (Phi) is 4.96. The number of alkyl halides is 1. The molecule has 1 aromatic rings. The summed E-state index contributed by atoms with van der Waals surface area (Å²) in [7, 11) is 5.01. The van der Waals surface area contributed by atoms with E-state index >= 15 is 0 Å². The lowest BCUT2D eigenvalue weighted by Gasteiger charge is -2.21. The Morgan fingerprint density at radius 1 is 1.17 bits per heavy atom. The van der Waals surface area contributed by atoms with E-state index in [-0.39, 0.29) is 0 Å². The minimum atomic E-state index is -1.40. The summed E-state index contributed by atoms with van der Waals surface area (Å²) in [6.07, 6.45) is 0.750. The fourth-order valence-electron chi connectivity index (χ4n) is 1.94. The summed E-state index contributed by atoms with van der Waals surface area (Å²) in [5.74, 6) is 1.20. The third-order valence-corrected chi connectivity index (χ3v) is 2.89. The number of rotatable bonds is 6. The second-order valence-electron chi connectivity index (χ2n) is 4.69. The largest absolute Gasteiger partial charge is 0.493 e. The van der Waals surface area contributed by atoms with Crippen LogP contribution in [0.2, 0.25) is 0 Å². The van der Waals surface area contributed by atoms with E-state index in [2.05, 4.69) is 5.32 Å². The van der Waals surface area contributed by atoms with E-state index in [1.165, 1.54) is 0 Å². The Balaban J connectivity index is 3.27. The van der Waals surface area contributed by atoms with Crippen LogP contribution in [-0.4, -0.2) is 27.8 Å². The molecule has 1 rings (SSSR count). The number of ether oxygens (including phenoxy) is 2. The molecule has 0 unspecified atom stereocenters. The van der Waals surface area contributed by atoms with Crippen molar-refractivity contribution in [2.45, 2.75) is 25.9 Å². The molecule has 0 heterocycles. The van der Waals surface area contributed by atoms with Crippen LogP contribution in [0.5, 0.6) is 11.5 Å². The second-order valence-corrected chi connectivity index (χ2v) is 4.69. The van der Waals surface area contributed by atoms with Crippen LogP contribution in [0.4, 0.5) is 4.39 Å². The van der Waals surface area contributed by atoms with Crippen molar-refractivity contribution >= 4 is 0 Å². The van der Waals surface area contributed by atoms with E-state index in [1.54, 1.807) is 34.1 Å². The standard InChI is InChI=1S/C14H22FNO2/c1-14(2,15)11-9-13(18-5)12(17-4)8-10(11)6-7-16-3/h8-9,16H,6-7H2,1-5H3. The zero-order valence-corrected chi connectivity index (χ0v) is 11.8. The lowest BCUT2D eigenvalue weighted by molar-refractivity contribution is 0.218. The third-order valence-electron chi connectivity index (χ3n) is 2.89. The van der Waals surface area contributed by atoms with E-state index in [4.69, 9.17) is 9.47 Å². The van der Waals surface area contributed by atoms with Crippen LogP contribution in [0.15, 0.2) is 12.1 Å². The quantitative estimate of drug-likeness (QED) is 0.847. The molecular weight excluding hydrogens is 233 g/mol. The SMILES string of the molecule is CNCCc1cc(OC)c(OC)cc1C(C)(C)F. The summed E-state index contributed by atoms with van der Waals surface area (Å²) < 4.78 is 24.7. The molecule has 0 spiro atoms. The summed E-state index contributed by atoms with van der Waals surface area (Å²) in [5, 5.41) is 3.07. The summed E-state index contributed by atoms with van der Waals surface area (Å²) >= 11 is 0. The average molecular weight is 255 g/mol. The number of benzene rings is 1. The number of likely N-dealkylation sites (N-methyl/N-ethyl adjacent to an activating group) is 1. The minimum absolute atomic E-state index is 0.562. The highest BCUT2D eigenvalue weighted by molar-refractivity contribution is 5.49. The van der Waals surface area contributed by atoms with Gasteiger partial charge in [0, 0.05) is 0 Å². The van der Waals surface area contributed by atoms with Crippen LogP contribution in [0.1, 0.15) is 25.0 Å². The van der Waals surface area contributed by atoms with Crippen molar-refractivity contribution < 1.29 is 13.9 Å². The van der Waals surface area contributed by atoms with Gasteiger partial charge < -0.3 is 14.8 Å². The van der Waals surface area contributed by atoms with Crippen molar-refractivity contribution in [3.63, 3.8) is 0 Å². The molecule has 0 bridgehead atoms. The number of nitrogens with one attached hydrogen (secondary N) is 1. The summed E-state index contributed by atoms with van der Waals surface area (Å²) in [6, 6.07) is 3.58. The van der Waals surface area contributed by atoms with Crippen LogP contribution in [-0.2, 0) is 12.1 Å². The van der Waals surface area contributed by atoms with Crippen molar-refractivity contribution in [3.8, 4) is 11.5 Å². The maximum atomic E-state index is 14.2. The third kappa shape index (κ3) is 3.35. The molecule has 0 aliphatic rings. The van der Waals surface area contributed by atoms with Crippen molar-refractivity contribution in [1.29, 1.82) is 0 Å². The molecule has 0 aromatic heterocycles. The smallest absolute Gasteiger partial charge is 0.161 e. The first-order chi connectivity index (χ1) is 8.43. The molecule has 0 aliphatic heterocycles. The zero-order chi connectivity index (χ0) is 13.8. The van der Waals surface area contributed by atoms with Gasteiger partial charge in [0.15, 0.2) is 11.5 Å². The zero-order valence-electron chi connectivity index (χ0n) is 11.8. The van der Waals surface area contributed by atoms with Crippen molar-refractivity contribution in [1.82, 2.24) is 5.32 Å². The highest BCUT2D eigenvalue weighted by atomic mass is 19.1. The highest BCUT2D eigenvalue weighted by Gasteiger charge is 2.24. The van der Waals surface area contributed by atoms with E-state index < -0.39 is 5.67 Å². The number of hydrogen-bond acceptors (Lipinski definition) is 3. The van der Waals surface area contributed by atoms with Gasteiger partial charge in [0.05, 0.1) is 14.2 Å². The highest BCUT2D eigenvalue weighted by Crippen LogP contribution is 2.37. The molecule has 18 heavy (non-hydrogen) atoms. The van der Waals surface area contributed by atoms with Crippen LogP contribution in [0.3, 0.4) is 0 Å². The second kappa shape index (κ2) is 6.05. The molecule has 0 saturated carbocycles. The molecule has 0 radical (unpaired) electrons. The van der Waals surface area contributed by atoms with Crippen molar-refractivity contribution in [3.05, 3.63) is 23.3 Å². The normalized spacial score (nSPS) is 11.4. The van der Waals surface area contributed by atoms with Crippen LogP contribution >= 0.6 is 0 Å². The van der Waals surface area contributed by atoms with Crippen molar-refractivity contribution in [2.75, 3.05) is 27.8 Å². The van der Waals surface area contributed by atoms with Crippen LogP contribution < -0.4 is 14.8 Å². The topological polar surface area (TPSA) is 30.5 Å². The van der Waals surface area contributed by atoms with Gasteiger partial charge in [-0.1, -0.05) is 0 Å². The van der Waals surface area contributed by atoms with Gasteiger partial charge in [0.25, 0.3) is 0 Å². The molecule has 1 N–H and O–H groups in total. The lowest BCUT2D eigenvalue weighted by atomic mass is 9.92. The van der Waals surface area contributed by atoms with Crippen LogP contribution in [0.25, 0.3) is 0 Å². The van der Waals surface area contributed by atoms with Gasteiger partial charge in [-0.3, -0.25) is 0 Å². The molecular formula is C14H22FNO2. The Morgan fingerprint density at radius 3 is 2.17 bits per heavy atom. The predicted octanol–water partition coefficient (Wildman–Crippen LogP) is 2.67. The average Bonchev–Trinajstić information content (AvgIpc) is 2.33. The minimum Gasteiger partial charge on any atom is -0.493 e. The summed E-state index contributed by atoms with van der Waals surface area (Å²) in [6.45, 7) is 3.90. The molecule has 0 aliphatic carbocycles. The van der Waals surface area contributed by atoms with Gasteiger partial charge in [-0.2, -0.15) is 0 Å². The maximum Gasteiger partial charge on any atom is 0.161 e. The Bertz CT molecular complexity index is 400. The Morgan fingerprint density at radius 2 is 1.72 bits per heavy atom. The van der Waals surface area contributed by atoms with E-state index in [0.29, 0.717) is 17.1 Å². The first-order valence-corrected chi connectivity index (χ1v) is 6.03. The number of hydrogen-bond donors (Lipinski definition) is 1. The van der Waals surface area contributed by atoms with Gasteiger partial charge in [-0.25, -0.2) is 4.39 Å². The van der Waals surface area contributed by atoms with Gasteiger partial charge in [-0.15, -0.1) is 0 Å². The van der Waals surface area contributed by atoms with Gasteiger partial charge in [-0.05, 0) is 57.1 Å². The number of methoxy groups -OCH3 is 2. The summed E-state index contributed by atoms with van der Waals surface area (Å²) in [4.78, 5) is 0. The van der Waals surface area contributed by atoms with Gasteiger partial charge in [0.2, 0.25) is 0 Å². The number of halogens is 1. The molecule has 0 saturated heterocycles.